The van der Waals surface area contributed by atoms with Crippen molar-refractivity contribution in [2.24, 2.45) is 0 Å². The molecule has 0 radical (unpaired) electrons. The maximum Gasteiger partial charge on any atom is 0.174 e. The van der Waals surface area contributed by atoms with Gasteiger partial charge >= 0.3 is 0 Å². The normalized spacial score (nSPS) is 10.8. The number of rotatable bonds is 7. The van der Waals surface area contributed by atoms with Crippen LogP contribution in [0.15, 0.2) is 12.4 Å². The number of H-pyrrole nitrogens is 1. The number of nitrogens with one attached hydrogen (secondary N) is 2. The van der Waals surface area contributed by atoms with Crippen molar-refractivity contribution in [2.75, 3.05) is 25.1 Å². The van der Waals surface area contributed by atoms with Crippen molar-refractivity contribution in [3.63, 3.8) is 0 Å². The Morgan fingerprint density at radius 2 is 2.14 bits per heavy atom. The summed E-state index contributed by atoms with van der Waals surface area (Å²) < 4.78 is 10.7. The summed E-state index contributed by atoms with van der Waals surface area (Å²) in [6.07, 6.45) is 3.31. The van der Waals surface area contributed by atoms with Crippen molar-refractivity contribution in [1.29, 1.82) is 0 Å². The molecule has 0 unspecified atom stereocenters. The highest BCUT2D eigenvalue weighted by atomic mass is 16.7. The van der Waals surface area contributed by atoms with Crippen LogP contribution in [0.25, 0.3) is 0 Å². The highest BCUT2D eigenvalue weighted by molar-refractivity contribution is 5.37. The number of hydrogen-bond acceptors (Lipinski definition) is 4. The van der Waals surface area contributed by atoms with Crippen LogP contribution >= 0.6 is 0 Å². The van der Waals surface area contributed by atoms with Gasteiger partial charge in [-0.25, -0.2) is 0 Å². The van der Waals surface area contributed by atoms with Crippen molar-refractivity contribution in [3.8, 4) is 0 Å². The van der Waals surface area contributed by atoms with E-state index in [1.165, 1.54) is 0 Å². The quantitative estimate of drug-likeness (QED) is 0.648. The van der Waals surface area contributed by atoms with Gasteiger partial charge in [0.25, 0.3) is 0 Å². The van der Waals surface area contributed by atoms with E-state index in [0.717, 1.165) is 5.69 Å². The number of ether oxygens (including phenoxy) is 2. The molecule has 0 aromatic carbocycles. The lowest BCUT2D eigenvalue weighted by Gasteiger charge is -2.17. The molecule has 1 rings (SSSR count). The van der Waals surface area contributed by atoms with E-state index in [2.05, 4.69) is 15.5 Å². The summed E-state index contributed by atoms with van der Waals surface area (Å²) in [7, 11) is 0. The standard InChI is InChI=1S/C9H17N3O2/c1-3-13-9(14-4-2)7-10-8-5-11-12-6-8/h5-6,9-10H,3-4,7H2,1-2H3,(H,11,12). The molecule has 80 valence electrons. The van der Waals surface area contributed by atoms with Gasteiger partial charge in [-0.1, -0.05) is 0 Å². The predicted octanol–water partition coefficient (Wildman–Crippen LogP) is 1.22. The van der Waals surface area contributed by atoms with Gasteiger partial charge in [0.05, 0.1) is 18.4 Å². The zero-order valence-electron chi connectivity index (χ0n) is 8.62. The Morgan fingerprint density at radius 1 is 1.43 bits per heavy atom. The first kappa shape index (κ1) is 11.0. The molecule has 0 aliphatic rings. The Labute approximate surface area is 83.8 Å². The summed E-state index contributed by atoms with van der Waals surface area (Å²) in [4.78, 5) is 0. The van der Waals surface area contributed by atoms with Crippen LogP contribution in [0.1, 0.15) is 13.8 Å². The summed E-state index contributed by atoms with van der Waals surface area (Å²) in [6.45, 7) is 5.82. The molecular formula is C9H17N3O2. The van der Waals surface area contributed by atoms with E-state index in [-0.39, 0.29) is 6.29 Å². The Bertz CT molecular complexity index is 220. The SMILES string of the molecule is CCOC(CNc1cn[nH]c1)OCC. The summed E-state index contributed by atoms with van der Waals surface area (Å²) in [5.74, 6) is 0. The molecule has 0 amide bonds. The lowest BCUT2D eigenvalue weighted by Crippen LogP contribution is -2.26. The molecule has 1 aromatic rings. The molecule has 0 bridgehead atoms. The van der Waals surface area contributed by atoms with E-state index in [0.29, 0.717) is 19.8 Å². The molecule has 0 spiro atoms. The number of anilines is 1. The summed E-state index contributed by atoms with van der Waals surface area (Å²) in [5.41, 5.74) is 0.939. The van der Waals surface area contributed by atoms with Gasteiger partial charge < -0.3 is 14.8 Å². The lowest BCUT2D eigenvalue weighted by atomic mass is 10.5. The zero-order chi connectivity index (χ0) is 10.2. The third-order valence-corrected chi connectivity index (χ3v) is 1.68. The van der Waals surface area contributed by atoms with E-state index >= 15 is 0 Å². The van der Waals surface area contributed by atoms with Crippen LogP contribution in [0.5, 0.6) is 0 Å². The first-order valence-corrected chi connectivity index (χ1v) is 4.82. The van der Waals surface area contributed by atoms with Crippen LogP contribution in [0.3, 0.4) is 0 Å². The second-order valence-corrected chi connectivity index (χ2v) is 2.71. The van der Waals surface area contributed by atoms with Crippen molar-refractivity contribution in [2.45, 2.75) is 20.1 Å². The summed E-state index contributed by atoms with van der Waals surface area (Å²) in [5, 5.41) is 9.70. The van der Waals surface area contributed by atoms with Gasteiger partial charge in [-0.3, -0.25) is 5.10 Å². The van der Waals surface area contributed by atoms with Crippen LogP contribution in [0.2, 0.25) is 0 Å². The van der Waals surface area contributed by atoms with Gasteiger partial charge in [0.1, 0.15) is 0 Å². The number of aromatic nitrogens is 2. The zero-order valence-corrected chi connectivity index (χ0v) is 8.62. The van der Waals surface area contributed by atoms with Crippen LogP contribution in [0.4, 0.5) is 5.69 Å². The molecule has 0 aliphatic carbocycles. The highest BCUT2D eigenvalue weighted by Gasteiger charge is 2.06. The third kappa shape index (κ3) is 3.76. The predicted molar refractivity (Wildman–Crippen MR) is 54.1 cm³/mol. The molecule has 0 saturated heterocycles. The number of nitrogens with zero attached hydrogens (tertiary/aromatic N) is 1. The molecule has 1 heterocycles. The minimum atomic E-state index is -0.195. The van der Waals surface area contributed by atoms with Gasteiger partial charge in [0.2, 0.25) is 0 Å². The van der Waals surface area contributed by atoms with E-state index in [4.69, 9.17) is 9.47 Å². The topological polar surface area (TPSA) is 59.2 Å². The van der Waals surface area contributed by atoms with Crippen LogP contribution in [-0.4, -0.2) is 36.2 Å². The Balaban J connectivity index is 2.25. The molecule has 5 nitrogen and oxygen atoms in total. The van der Waals surface area contributed by atoms with Gasteiger partial charge in [-0.2, -0.15) is 5.10 Å². The second-order valence-electron chi connectivity index (χ2n) is 2.71. The van der Waals surface area contributed by atoms with E-state index < -0.39 is 0 Å². The monoisotopic (exact) mass is 199 g/mol. The second kappa shape index (κ2) is 6.39. The van der Waals surface area contributed by atoms with Crippen LogP contribution in [-0.2, 0) is 9.47 Å². The van der Waals surface area contributed by atoms with Crippen LogP contribution < -0.4 is 5.32 Å². The van der Waals surface area contributed by atoms with Gasteiger partial charge in [0.15, 0.2) is 6.29 Å². The maximum atomic E-state index is 5.37. The molecule has 0 atom stereocenters. The van der Waals surface area contributed by atoms with Crippen molar-refractivity contribution in [3.05, 3.63) is 12.4 Å². The molecule has 0 saturated carbocycles. The van der Waals surface area contributed by atoms with Gasteiger partial charge in [-0.15, -0.1) is 0 Å². The molecule has 1 aromatic heterocycles. The molecule has 14 heavy (non-hydrogen) atoms. The Kier molecular flexibility index (Phi) is 5.03. The summed E-state index contributed by atoms with van der Waals surface area (Å²) in [6, 6.07) is 0. The fourth-order valence-corrected chi connectivity index (χ4v) is 1.09. The molecular weight excluding hydrogens is 182 g/mol. The van der Waals surface area contributed by atoms with Gasteiger partial charge in [0, 0.05) is 19.4 Å². The van der Waals surface area contributed by atoms with Gasteiger partial charge in [-0.05, 0) is 13.8 Å². The highest BCUT2D eigenvalue weighted by Crippen LogP contribution is 2.03. The van der Waals surface area contributed by atoms with Crippen molar-refractivity contribution in [1.82, 2.24) is 10.2 Å². The fraction of sp³-hybridized carbons (Fsp3) is 0.667. The lowest BCUT2D eigenvalue weighted by molar-refractivity contribution is -0.126. The smallest absolute Gasteiger partial charge is 0.174 e. The number of hydrogen-bond donors (Lipinski definition) is 2. The molecule has 0 aliphatic heterocycles. The maximum absolute atomic E-state index is 5.37. The Morgan fingerprint density at radius 3 is 2.64 bits per heavy atom. The average molecular weight is 199 g/mol. The van der Waals surface area contributed by atoms with E-state index in [1.807, 2.05) is 13.8 Å². The largest absolute Gasteiger partial charge is 0.377 e. The third-order valence-electron chi connectivity index (χ3n) is 1.68. The first-order chi connectivity index (χ1) is 6.86. The summed E-state index contributed by atoms with van der Waals surface area (Å²) >= 11 is 0. The van der Waals surface area contributed by atoms with Crippen molar-refractivity contribution < 1.29 is 9.47 Å². The average Bonchev–Trinajstić information content (AvgIpc) is 2.67. The van der Waals surface area contributed by atoms with E-state index in [1.54, 1.807) is 12.4 Å². The minimum Gasteiger partial charge on any atom is -0.377 e. The van der Waals surface area contributed by atoms with Crippen molar-refractivity contribution >= 4 is 5.69 Å². The minimum absolute atomic E-state index is 0.195. The molecule has 2 N–H and O–H groups in total. The number of aromatic amines is 1. The van der Waals surface area contributed by atoms with Crippen LogP contribution in [0, 0.1) is 0 Å². The molecule has 5 heteroatoms. The molecule has 0 fully saturated rings. The fourth-order valence-electron chi connectivity index (χ4n) is 1.09. The Hall–Kier alpha value is -1.07. The van der Waals surface area contributed by atoms with E-state index in [9.17, 15) is 0 Å². The first-order valence-electron chi connectivity index (χ1n) is 4.82.